The summed E-state index contributed by atoms with van der Waals surface area (Å²) >= 11 is 3.44. The Labute approximate surface area is 110 Å². The number of aromatic nitrogens is 1. The van der Waals surface area contributed by atoms with Gasteiger partial charge in [-0.15, -0.1) is 0 Å². The maximum absolute atomic E-state index is 4.19. The molecule has 0 spiro atoms. The zero-order chi connectivity index (χ0) is 12.1. The van der Waals surface area contributed by atoms with Gasteiger partial charge in [-0.25, -0.2) is 4.98 Å². The first kappa shape index (κ1) is 12.1. The number of halogens is 1. The SMILES string of the molecule is CC(Cc1ccccc1)Nc1cccnc1Br. The second-order valence-corrected chi connectivity index (χ2v) is 4.83. The molecule has 0 aliphatic rings. The fourth-order valence-corrected chi connectivity index (χ4v) is 2.14. The Morgan fingerprint density at radius 3 is 2.65 bits per heavy atom. The van der Waals surface area contributed by atoms with E-state index in [4.69, 9.17) is 0 Å². The minimum absolute atomic E-state index is 0.373. The van der Waals surface area contributed by atoms with E-state index in [1.165, 1.54) is 5.56 Å². The number of benzene rings is 1. The van der Waals surface area contributed by atoms with Crippen molar-refractivity contribution in [2.24, 2.45) is 0 Å². The highest BCUT2D eigenvalue weighted by molar-refractivity contribution is 9.10. The number of nitrogens with zero attached hydrogens (tertiary/aromatic N) is 1. The highest BCUT2D eigenvalue weighted by atomic mass is 79.9. The first-order valence-corrected chi connectivity index (χ1v) is 6.46. The van der Waals surface area contributed by atoms with Gasteiger partial charge in [-0.05, 0) is 47.0 Å². The van der Waals surface area contributed by atoms with Crippen molar-refractivity contribution in [3.8, 4) is 0 Å². The fourth-order valence-electron chi connectivity index (χ4n) is 1.78. The molecule has 2 rings (SSSR count). The number of rotatable bonds is 4. The standard InChI is InChI=1S/C14H15BrN2/c1-11(10-12-6-3-2-4-7-12)17-13-8-5-9-16-14(13)15/h2-9,11,17H,10H2,1H3. The topological polar surface area (TPSA) is 24.9 Å². The first-order chi connectivity index (χ1) is 8.25. The largest absolute Gasteiger partial charge is 0.380 e. The van der Waals surface area contributed by atoms with Crippen LogP contribution >= 0.6 is 15.9 Å². The van der Waals surface area contributed by atoms with Crippen molar-refractivity contribution in [3.63, 3.8) is 0 Å². The van der Waals surface area contributed by atoms with E-state index in [2.05, 4.69) is 57.4 Å². The van der Waals surface area contributed by atoms with Crippen LogP contribution in [0.4, 0.5) is 5.69 Å². The summed E-state index contributed by atoms with van der Waals surface area (Å²) in [7, 11) is 0. The normalized spacial score (nSPS) is 12.1. The molecule has 0 bridgehead atoms. The van der Waals surface area contributed by atoms with Crippen LogP contribution in [-0.4, -0.2) is 11.0 Å². The van der Waals surface area contributed by atoms with Crippen molar-refractivity contribution >= 4 is 21.6 Å². The maximum atomic E-state index is 4.19. The summed E-state index contributed by atoms with van der Waals surface area (Å²) in [5.41, 5.74) is 2.38. The van der Waals surface area contributed by atoms with E-state index >= 15 is 0 Å². The first-order valence-electron chi connectivity index (χ1n) is 5.66. The summed E-state index contributed by atoms with van der Waals surface area (Å²) in [5.74, 6) is 0. The van der Waals surface area contributed by atoms with Gasteiger partial charge in [-0.1, -0.05) is 30.3 Å². The third kappa shape index (κ3) is 3.56. The Morgan fingerprint density at radius 1 is 1.18 bits per heavy atom. The summed E-state index contributed by atoms with van der Waals surface area (Å²) in [5, 5.41) is 3.45. The summed E-state index contributed by atoms with van der Waals surface area (Å²) in [6.45, 7) is 2.17. The van der Waals surface area contributed by atoms with E-state index in [0.29, 0.717) is 6.04 Å². The number of hydrogen-bond acceptors (Lipinski definition) is 2. The van der Waals surface area contributed by atoms with Crippen LogP contribution in [0.15, 0.2) is 53.3 Å². The molecule has 88 valence electrons. The Morgan fingerprint density at radius 2 is 1.94 bits per heavy atom. The van der Waals surface area contributed by atoms with Crippen molar-refractivity contribution in [2.45, 2.75) is 19.4 Å². The van der Waals surface area contributed by atoms with Gasteiger partial charge in [0.05, 0.1) is 5.69 Å². The molecule has 3 heteroatoms. The molecule has 2 aromatic rings. The zero-order valence-corrected chi connectivity index (χ0v) is 11.3. The van der Waals surface area contributed by atoms with Gasteiger partial charge < -0.3 is 5.32 Å². The number of nitrogens with one attached hydrogen (secondary N) is 1. The molecule has 1 aromatic carbocycles. The summed E-state index contributed by atoms with van der Waals surface area (Å²) in [6, 6.07) is 14.8. The van der Waals surface area contributed by atoms with E-state index in [0.717, 1.165) is 16.7 Å². The van der Waals surface area contributed by atoms with Crippen LogP contribution in [-0.2, 0) is 6.42 Å². The van der Waals surface area contributed by atoms with Crippen molar-refractivity contribution < 1.29 is 0 Å². The van der Waals surface area contributed by atoms with Crippen molar-refractivity contribution in [1.82, 2.24) is 4.98 Å². The van der Waals surface area contributed by atoms with Crippen LogP contribution in [0.5, 0.6) is 0 Å². The molecule has 0 fully saturated rings. The van der Waals surface area contributed by atoms with Crippen LogP contribution < -0.4 is 5.32 Å². The molecule has 2 nitrogen and oxygen atoms in total. The molecule has 0 aliphatic heterocycles. The van der Waals surface area contributed by atoms with Gasteiger partial charge in [0, 0.05) is 12.2 Å². The maximum Gasteiger partial charge on any atom is 0.129 e. The van der Waals surface area contributed by atoms with Gasteiger partial charge in [0.25, 0.3) is 0 Å². The van der Waals surface area contributed by atoms with Crippen LogP contribution in [0.2, 0.25) is 0 Å². The molecule has 1 aromatic heterocycles. The zero-order valence-electron chi connectivity index (χ0n) is 9.73. The smallest absolute Gasteiger partial charge is 0.129 e. The molecule has 1 heterocycles. The average molecular weight is 291 g/mol. The average Bonchev–Trinajstić information content (AvgIpc) is 2.33. The van der Waals surface area contributed by atoms with Gasteiger partial charge in [0.2, 0.25) is 0 Å². The van der Waals surface area contributed by atoms with E-state index in [1.54, 1.807) is 6.20 Å². The molecule has 0 saturated carbocycles. The summed E-state index contributed by atoms with van der Waals surface area (Å²) in [6.07, 6.45) is 2.78. The Bertz CT molecular complexity index is 471. The lowest BCUT2D eigenvalue weighted by molar-refractivity contribution is 0.788. The second kappa shape index (κ2) is 5.82. The molecular formula is C14H15BrN2. The van der Waals surface area contributed by atoms with E-state index < -0.39 is 0 Å². The van der Waals surface area contributed by atoms with Gasteiger partial charge in [-0.2, -0.15) is 0 Å². The Hall–Kier alpha value is -1.35. The number of hydrogen-bond donors (Lipinski definition) is 1. The van der Waals surface area contributed by atoms with Gasteiger partial charge >= 0.3 is 0 Å². The fraction of sp³-hybridized carbons (Fsp3) is 0.214. The Balaban J connectivity index is 1.98. The van der Waals surface area contributed by atoms with Crippen molar-refractivity contribution in [2.75, 3.05) is 5.32 Å². The molecule has 0 radical (unpaired) electrons. The predicted octanol–water partition coefficient (Wildman–Crippen LogP) is 3.89. The van der Waals surface area contributed by atoms with E-state index in [9.17, 15) is 0 Å². The molecule has 1 unspecified atom stereocenters. The highest BCUT2D eigenvalue weighted by Crippen LogP contribution is 2.19. The molecule has 17 heavy (non-hydrogen) atoms. The molecule has 0 amide bonds. The highest BCUT2D eigenvalue weighted by Gasteiger charge is 2.05. The summed E-state index contributed by atoms with van der Waals surface area (Å²) < 4.78 is 0.861. The van der Waals surface area contributed by atoms with Crippen LogP contribution in [0.1, 0.15) is 12.5 Å². The van der Waals surface area contributed by atoms with Crippen molar-refractivity contribution in [1.29, 1.82) is 0 Å². The quantitative estimate of drug-likeness (QED) is 0.864. The minimum Gasteiger partial charge on any atom is -0.380 e. The number of pyridine rings is 1. The number of anilines is 1. The lowest BCUT2D eigenvalue weighted by atomic mass is 10.1. The molecular weight excluding hydrogens is 276 g/mol. The molecule has 1 atom stereocenters. The summed E-state index contributed by atoms with van der Waals surface area (Å²) in [4.78, 5) is 4.19. The molecule has 0 aliphatic carbocycles. The van der Waals surface area contributed by atoms with Gasteiger partial charge in [0.1, 0.15) is 4.60 Å². The van der Waals surface area contributed by atoms with Gasteiger partial charge in [-0.3, -0.25) is 0 Å². The van der Waals surface area contributed by atoms with Crippen LogP contribution in [0.3, 0.4) is 0 Å². The predicted molar refractivity (Wildman–Crippen MR) is 75.2 cm³/mol. The lowest BCUT2D eigenvalue weighted by Gasteiger charge is -2.15. The third-order valence-electron chi connectivity index (χ3n) is 2.55. The van der Waals surface area contributed by atoms with Crippen LogP contribution in [0.25, 0.3) is 0 Å². The van der Waals surface area contributed by atoms with Crippen molar-refractivity contribution in [3.05, 3.63) is 58.8 Å². The second-order valence-electron chi connectivity index (χ2n) is 4.08. The monoisotopic (exact) mass is 290 g/mol. The lowest BCUT2D eigenvalue weighted by Crippen LogP contribution is -2.18. The van der Waals surface area contributed by atoms with Gasteiger partial charge in [0.15, 0.2) is 0 Å². The molecule has 1 N–H and O–H groups in total. The van der Waals surface area contributed by atoms with E-state index in [1.807, 2.05) is 18.2 Å². The molecule has 0 saturated heterocycles. The minimum atomic E-state index is 0.373. The van der Waals surface area contributed by atoms with Crippen LogP contribution in [0, 0.1) is 0 Å². The third-order valence-corrected chi connectivity index (χ3v) is 3.18. The van der Waals surface area contributed by atoms with E-state index in [-0.39, 0.29) is 0 Å². The Kier molecular flexibility index (Phi) is 4.15.